The van der Waals surface area contributed by atoms with E-state index in [0.717, 1.165) is 0 Å². The van der Waals surface area contributed by atoms with E-state index in [1.165, 1.54) is 0 Å². The summed E-state index contributed by atoms with van der Waals surface area (Å²) in [5, 5.41) is 0. The van der Waals surface area contributed by atoms with Gasteiger partial charge >= 0.3 is 41.9 Å². The van der Waals surface area contributed by atoms with E-state index in [4.69, 9.17) is 0 Å². The molecule has 0 bridgehead atoms. The summed E-state index contributed by atoms with van der Waals surface area (Å²) >= 11 is 0. The van der Waals surface area contributed by atoms with Crippen LogP contribution in [0.25, 0.3) is 0 Å². The van der Waals surface area contributed by atoms with E-state index in [1.54, 1.807) is 0 Å². The normalized spacial score (nSPS) is 0. The summed E-state index contributed by atoms with van der Waals surface area (Å²) < 4.78 is 0. The molecule has 0 nitrogen and oxygen atoms in total. The fourth-order valence-corrected chi connectivity index (χ4v) is 0. The SMILES string of the molecule is [AlH3].[Cu].[H-].[H-].[H-].[Li+].[Mg+2].[Sc].[Zn]. The predicted octanol–water partition coefficient (Wildman–Crippen LogP) is -4.23. The van der Waals surface area contributed by atoms with Crippen molar-refractivity contribution in [1.29, 1.82) is 0 Å². The fraction of sp³-hybridized carbons (Fsp3) is 0. The molecule has 0 aromatic heterocycles. The molecular formula is H6AlCuLiMgScZn. The van der Waals surface area contributed by atoms with Gasteiger partial charge in [-0.3, -0.25) is 0 Å². The first-order chi connectivity index (χ1) is 0. The predicted molar refractivity (Wildman–Crippen MR) is 19.0 cm³/mol. The van der Waals surface area contributed by atoms with Gasteiger partial charge in [0.25, 0.3) is 0 Å². The van der Waals surface area contributed by atoms with Crippen LogP contribution in [-0.2, 0) is 62.4 Å². The zero-order valence-electron chi connectivity index (χ0n) is 6.29. The zero-order valence-corrected chi connectivity index (χ0v) is 10.4. The molecule has 0 rings (SSSR count). The standard InChI is InChI=1S/Al.Cu.Li.Mg.Sc.Zn.6H/q;;+1;+2;;;;;;3*-1. The Hall–Kier alpha value is 3.91. The summed E-state index contributed by atoms with van der Waals surface area (Å²) in [5.74, 6) is 0. The molecule has 0 aliphatic heterocycles. The first-order valence-electron chi connectivity index (χ1n) is 0. The second-order valence-corrected chi connectivity index (χ2v) is 0. The van der Waals surface area contributed by atoms with E-state index < -0.39 is 0 Å². The molecule has 0 heterocycles. The maximum atomic E-state index is 0. The van der Waals surface area contributed by atoms with Gasteiger partial charge in [0.15, 0.2) is 17.4 Å². The maximum absolute atomic E-state index is 0. The summed E-state index contributed by atoms with van der Waals surface area (Å²) in [6.45, 7) is 0. The van der Waals surface area contributed by atoms with Crippen LogP contribution >= 0.6 is 0 Å². The van der Waals surface area contributed by atoms with Gasteiger partial charge in [-0.2, -0.15) is 0 Å². The minimum absolute atomic E-state index is 0. The van der Waals surface area contributed by atoms with Crippen LogP contribution in [0.5, 0.6) is 0 Å². The molecule has 0 unspecified atom stereocenters. The summed E-state index contributed by atoms with van der Waals surface area (Å²) in [6.07, 6.45) is 0. The molecule has 0 N–H and O–H groups in total. The molecule has 0 fully saturated rings. The summed E-state index contributed by atoms with van der Waals surface area (Å²) in [5.41, 5.74) is 0. The Morgan fingerprint density at radius 1 is 1.17 bits per heavy atom. The average Bonchev–Trinajstić information content (AvgIpc) is 0. The van der Waals surface area contributed by atoms with Crippen LogP contribution in [-0.4, -0.2) is 40.4 Å². The van der Waals surface area contributed by atoms with Crippen LogP contribution in [0.15, 0.2) is 0 Å². The van der Waals surface area contributed by atoms with Crippen molar-refractivity contribution in [2.45, 2.75) is 0 Å². The Morgan fingerprint density at radius 2 is 1.17 bits per heavy atom. The van der Waals surface area contributed by atoms with Crippen molar-refractivity contribution in [3.05, 3.63) is 0 Å². The second kappa shape index (κ2) is 36.5. The largest absolute Gasteiger partial charge is 2.00 e. The van der Waals surface area contributed by atoms with Crippen molar-refractivity contribution < 1.29 is 85.5 Å². The fourth-order valence-electron chi connectivity index (χ4n) is 0. The Balaban J connectivity index is 0. The van der Waals surface area contributed by atoms with Gasteiger partial charge in [-0.1, -0.05) is 0 Å². The number of hydrogen-bond acceptors (Lipinski definition) is 0. The van der Waals surface area contributed by atoms with E-state index >= 15 is 0 Å². The summed E-state index contributed by atoms with van der Waals surface area (Å²) in [6, 6.07) is 0. The van der Waals surface area contributed by atoms with Crippen molar-refractivity contribution in [2.24, 2.45) is 0 Å². The van der Waals surface area contributed by atoms with E-state index in [2.05, 4.69) is 0 Å². The summed E-state index contributed by atoms with van der Waals surface area (Å²) in [4.78, 5) is 0. The van der Waals surface area contributed by atoms with Gasteiger partial charge in [0.1, 0.15) is 0 Å². The van der Waals surface area contributed by atoms with Crippen LogP contribution < -0.4 is 18.9 Å². The average molecular weight is 238 g/mol. The van der Waals surface area contributed by atoms with Gasteiger partial charge in [-0.05, 0) is 0 Å². The van der Waals surface area contributed by atoms with Crippen molar-refractivity contribution in [3.63, 3.8) is 0 Å². The third-order valence-corrected chi connectivity index (χ3v) is 0. The molecule has 6 heteroatoms. The third kappa shape index (κ3) is 24.7. The second-order valence-electron chi connectivity index (χ2n) is 0. The Labute approximate surface area is 124 Å². The molecular weight excluding hydrogens is 232 g/mol. The topological polar surface area (TPSA) is 0 Å². The molecule has 0 aliphatic rings. The molecule has 28 valence electrons. The van der Waals surface area contributed by atoms with Crippen molar-refractivity contribution in [3.8, 4) is 0 Å². The molecule has 0 spiro atoms. The van der Waals surface area contributed by atoms with Crippen LogP contribution in [0.4, 0.5) is 0 Å². The monoisotopic (exact) mass is 236 g/mol. The smallest absolute Gasteiger partial charge is 1.00 e. The van der Waals surface area contributed by atoms with Gasteiger partial charge in [0.05, 0.1) is 0 Å². The minimum atomic E-state index is 0. The molecule has 0 amide bonds. The van der Waals surface area contributed by atoms with E-state index in [-0.39, 0.29) is 126 Å². The first-order valence-corrected chi connectivity index (χ1v) is 0. The molecule has 0 saturated heterocycles. The molecule has 0 saturated carbocycles. The molecule has 0 atom stereocenters. The molecule has 2 radical (unpaired) electrons. The zero-order chi connectivity index (χ0) is 0. The molecule has 0 aromatic carbocycles. The minimum Gasteiger partial charge on any atom is -1.00 e. The van der Waals surface area contributed by atoms with Gasteiger partial charge < -0.3 is 4.28 Å². The van der Waals surface area contributed by atoms with E-state index in [0.29, 0.717) is 0 Å². The quantitative estimate of drug-likeness (QED) is 0.375. The van der Waals surface area contributed by atoms with Crippen LogP contribution in [0.2, 0.25) is 0 Å². The molecule has 0 aliphatic carbocycles. The molecule has 6 heavy (non-hydrogen) atoms. The number of rotatable bonds is 0. The molecule has 0 aromatic rings. The van der Waals surface area contributed by atoms with Crippen LogP contribution in [0, 0.1) is 0 Å². The number of hydrogen-bond donors (Lipinski definition) is 0. The summed E-state index contributed by atoms with van der Waals surface area (Å²) in [7, 11) is 0. The van der Waals surface area contributed by atoms with E-state index in [1.807, 2.05) is 0 Å². The van der Waals surface area contributed by atoms with Crippen molar-refractivity contribution in [2.75, 3.05) is 0 Å². The Bertz CT molecular complexity index is 23.8. The van der Waals surface area contributed by atoms with Crippen molar-refractivity contribution >= 4 is 40.4 Å². The van der Waals surface area contributed by atoms with Crippen molar-refractivity contribution in [1.82, 2.24) is 0 Å². The first kappa shape index (κ1) is 51.5. The van der Waals surface area contributed by atoms with Crippen LogP contribution in [0.1, 0.15) is 4.28 Å². The maximum Gasteiger partial charge on any atom is 2.00 e. The Kier molecular flexibility index (Phi) is 313. The van der Waals surface area contributed by atoms with Gasteiger partial charge in [0, 0.05) is 62.4 Å². The van der Waals surface area contributed by atoms with Gasteiger partial charge in [-0.25, -0.2) is 0 Å². The van der Waals surface area contributed by atoms with E-state index in [9.17, 15) is 0 Å². The third-order valence-electron chi connectivity index (χ3n) is 0. The Morgan fingerprint density at radius 3 is 1.17 bits per heavy atom. The van der Waals surface area contributed by atoms with Crippen LogP contribution in [0.3, 0.4) is 0 Å². The van der Waals surface area contributed by atoms with Gasteiger partial charge in [-0.15, -0.1) is 0 Å². The van der Waals surface area contributed by atoms with Gasteiger partial charge in [0.2, 0.25) is 0 Å².